The van der Waals surface area contributed by atoms with Crippen LogP contribution in [0.2, 0.25) is 0 Å². The number of carboxylic acids is 1. The van der Waals surface area contributed by atoms with Crippen molar-refractivity contribution in [1.82, 2.24) is 0 Å². The van der Waals surface area contributed by atoms with E-state index in [0.29, 0.717) is 11.3 Å². The number of ketones is 1. The first kappa shape index (κ1) is 13.0. The summed E-state index contributed by atoms with van der Waals surface area (Å²) < 4.78 is 5.07. The molecule has 0 aromatic heterocycles. The number of hydrogen-bond donors (Lipinski definition) is 1. The molecular formula is C13H14O4. The summed E-state index contributed by atoms with van der Waals surface area (Å²) in [5.74, 6) is -1.08. The maximum absolute atomic E-state index is 11.8. The molecule has 1 aromatic carbocycles. The quantitative estimate of drug-likeness (QED) is 0.625. The molecule has 1 rings (SSSR count). The van der Waals surface area contributed by atoms with Crippen molar-refractivity contribution in [2.24, 2.45) is 0 Å². The van der Waals surface area contributed by atoms with Gasteiger partial charge < -0.3 is 9.84 Å². The third-order valence-corrected chi connectivity index (χ3v) is 2.31. The Kier molecular flexibility index (Phi) is 4.46. The Morgan fingerprint density at radius 2 is 2.06 bits per heavy atom. The smallest absolute Gasteiger partial charge is 0.328 e. The van der Waals surface area contributed by atoms with Crippen LogP contribution in [-0.2, 0) is 11.2 Å². The Balaban J connectivity index is 3.09. The van der Waals surface area contributed by atoms with Gasteiger partial charge in [0.25, 0.3) is 0 Å². The number of hydrogen-bond acceptors (Lipinski definition) is 3. The number of methoxy groups -OCH3 is 1. The first-order chi connectivity index (χ1) is 8.08. The van der Waals surface area contributed by atoms with Crippen LogP contribution in [0.1, 0.15) is 22.8 Å². The maximum atomic E-state index is 11.8. The summed E-state index contributed by atoms with van der Waals surface area (Å²) in [4.78, 5) is 22.1. The van der Waals surface area contributed by atoms with Crippen LogP contribution in [0.15, 0.2) is 30.4 Å². The monoisotopic (exact) mass is 234 g/mol. The lowest BCUT2D eigenvalue weighted by Crippen LogP contribution is -2.01. The number of aliphatic carboxylic acids is 1. The largest absolute Gasteiger partial charge is 0.496 e. The van der Waals surface area contributed by atoms with Crippen molar-refractivity contribution < 1.29 is 19.4 Å². The van der Waals surface area contributed by atoms with Crippen LogP contribution in [-0.4, -0.2) is 24.0 Å². The summed E-state index contributed by atoms with van der Waals surface area (Å²) >= 11 is 0. The Labute approximate surface area is 99.5 Å². The summed E-state index contributed by atoms with van der Waals surface area (Å²) in [6.07, 6.45) is 2.65. The molecule has 0 atom stereocenters. The van der Waals surface area contributed by atoms with Gasteiger partial charge in [0.1, 0.15) is 5.75 Å². The highest BCUT2D eigenvalue weighted by atomic mass is 16.5. The lowest BCUT2D eigenvalue weighted by atomic mass is 10.0. The zero-order valence-corrected chi connectivity index (χ0v) is 9.77. The van der Waals surface area contributed by atoms with Gasteiger partial charge in [0.15, 0.2) is 5.78 Å². The molecule has 4 heteroatoms. The number of carbonyl (C=O) groups excluding carboxylic acids is 1. The number of carboxylic acid groups (broad SMARTS) is 1. The zero-order chi connectivity index (χ0) is 12.8. The zero-order valence-electron chi connectivity index (χ0n) is 9.77. The number of benzene rings is 1. The molecule has 0 saturated heterocycles. The summed E-state index contributed by atoms with van der Waals surface area (Å²) in [6, 6.07) is 5.30. The fraction of sp³-hybridized carbons (Fsp3) is 0.231. The van der Waals surface area contributed by atoms with E-state index >= 15 is 0 Å². The SMILES string of the molecule is CCc1ccc(OC)c(C(=O)/C=C/C(=O)O)c1. The van der Waals surface area contributed by atoms with Crippen LogP contribution in [0.4, 0.5) is 0 Å². The first-order valence-corrected chi connectivity index (χ1v) is 5.20. The van der Waals surface area contributed by atoms with E-state index in [1.54, 1.807) is 12.1 Å². The molecule has 0 aliphatic carbocycles. The highest BCUT2D eigenvalue weighted by molar-refractivity contribution is 6.08. The van der Waals surface area contributed by atoms with Crippen LogP contribution < -0.4 is 4.74 Å². The van der Waals surface area contributed by atoms with Crippen LogP contribution in [0.5, 0.6) is 5.75 Å². The molecule has 1 N–H and O–H groups in total. The minimum Gasteiger partial charge on any atom is -0.496 e. The lowest BCUT2D eigenvalue weighted by Gasteiger charge is -2.07. The third-order valence-electron chi connectivity index (χ3n) is 2.31. The average Bonchev–Trinajstić information content (AvgIpc) is 2.34. The molecule has 0 heterocycles. The average molecular weight is 234 g/mol. The predicted octanol–water partition coefficient (Wildman–Crippen LogP) is 2.08. The van der Waals surface area contributed by atoms with Crippen LogP contribution >= 0.6 is 0 Å². The number of ether oxygens (including phenoxy) is 1. The summed E-state index contributed by atoms with van der Waals surface area (Å²) in [6.45, 7) is 1.98. The second-order valence-corrected chi connectivity index (χ2v) is 3.42. The van der Waals surface area contributed by atoms with Gasteiger partial charge in [0.05, 0.1) is 12.7 Å². The van der Waals surface area contributed by atoms with Gasteiger partial charge in [0.2, 0.25) is 0 Å². The Hall–Kier alpha value is -2.10. The fourth-order valence-electron chi connectivity index (χ4n) is 1.40. The number of aryl methyl sites for hydroxylation is 1. The molecule has 0 amide bonds. The van der Waals surface area contributed by atoms with Crippen molar-refractivity contribution in [3.8, 4) is 5.75 Å². The van der Waals surface area contributed by atoms with E-state index in [2.05, 4.69) is 0 Å². The van der Waals surface area contributed by atoms with Crippen LogP contribution in [0.3, 0.4) is 0 Å². The first-order valence-electron chi connectivity index (χ1n) is 5.20. The van der Waals surface area contributed by atoms with Gasteiger partial charge in [-0.15, -0.1) is 0 Å². The highest BCUT2D eigenvalue weighted by Crippen LogP contribution is 2.21. The van der Waals surface area contributed by atoms with Crippen molar-refractivity contribution in [3.63, 3.8) is 0 Å². The van der Waals surface area contributed by atoms with E-state index in [1.807, 2.05) is 13.0 Å². The second kappa shape index (κ2) is 5.84. The van der Waals surface area contributed by atoms with E-state index in [-0.39, 0.29) is 5.78 Å². The lowest BCUT2D eigenvalue weighted by molar-refractivity contribution is -0.131. The molecule has 1 aromatic rings. The molecule has 90 valence electrons. The van der Waals surface area contributed by atoms with Gasteiger partial charge in [-0.3, -0.25) is 4.79 Å². The number of rotatable bonds is 5. The highest BCUT2D eigenvalue weighted by Gasteiger charge is 2.10. The van der Waals surface area contributed by atoms with E-state index < -0.39 is 5.97 Å². The Morgan fingerprint density at radius 3 is 2.59 bits per heavy atom. The molecule has 0 spiro atoms. The van der Waals surface area contributed by atoms with Gasteiger partial charge in [-0.25, -0.2) is 4.79 Å². The number of carbonyl (C=O) groups is 2. The molecule has 0 aliphatic heterocycles. The van der Waals surface area contributed by atoms with E-state index in [4.69, 9.17) is 9.84 Å². The minimum absolute atomic E-state index is 0.375. The second-order valence-electron chi connectivity index (χ2n) is 3.42. The summed E-state index contributed by atoms with van der Waals surface area (Å²) in [5, 5.41) is 8.47. The predicted molar refractivity (Wildman–Crippen MR) is 63.5 cm³/mol. The van der Waals surface area contributed by atoms with Gasteiger partial charge in [-0.2, -0.15) is 0 Å². The standard InChI is InChI=1S/C13H14O4/c1-3-9-4-6-12(17-2)10(8-9)11(14)5-7-13(15)16/h4-8H,3H2,1-2H3,(H,15,16)/b7-5+. The topological polar surface area (TPSA) is 63.6 Å². The molecule has 0 saturated carbocycles. The Bertz CT molecular complexity index is 460. The normalized spacial score (nSPS) is 10.5. The molecule has 4 nitrogen and oxygen atoms in total. The van der Waals surface area contributed by atoms with E-state index in [1.165, 1.54) is 7.11 Å². The summed E-state index contributed by atoms with van der Waals surface area (Å²) in [5.41, 5.74) is 1.38. The van der Waals surface area contributed by atoms with Gasteiger partial charge >= 0.3 is 5.97 Å². The van der Waals surface area contributed by atoms with Gasteiger partial charge in [-0.05, 0) is 30.2 Å². The van der Waals surface area contributed by atoms with Crippen molar-refractivity contribution in [2.45, 2.75) is 13.3 Å². The van der Waals surface area contributed by atoms with Crippen molar-refractivity contribution in [1.29, 1.82) is 0 Å². The third kappa shape index (κ3) is 3.45. The molecule has 0 aliphatic rings. The van der Waals surface area contributed by atoms with Crippen molar-refractivity contribution in [2.75, 3.05) is 7.11 Å². The Morgan fingerprint density at radius 1 is 1.35 bits per heavy atom. The van der Waals surface area contributed by atoms with E-state index in [9.17, 15) is 9.59 Å². The van der Waals surface area contributed by atoms with Crippen molar-refractivity contribution in [3.05, 3.63) is 41.5 Å². The molecule has 0 unspecified atom stereocenters. The molecule has 0 fully saturated rings. The molecule has 17 heavy (non-hydrogen) atoms. The minimum atomic E-state index is -1.15. The van der Waals surface area contributed by atoms with Gasteiger partial charge in [0, 0.05) is 6.08 Å². The van der Waals surface area contributed by atoms with Crippen molar-refractivity contribution >= 4 is 11.8 Å². The van der Waals surface area contributed by atoms with E-state index in [0.717, 1.165) is 24.1 Å². The van der Waals surface area contributed by atoms with Gasteiger partial charge in [-0.1, -0.05) is 13.0 Å². The van der Waals surface area contributed by atoms with Crippen LogP contribution in [0.25, 0.3) is 0 Å². The fourth-order valence-corrected chi connectivity index (χ4v) is 1.40. The molecular weight excluding hydrogens is 220 g/mol. The van der Waals surface area contributed by atoms with Crippen LogP contribution in [0, 0.1) is 0 Å². The maximum Gasteiger partial charge on any atom is 0.328 e. The molecule has 0 bridgehead atoms. The summed E-state index contributed by atoms with van der Waals surface area (Å²) in [7, 11) is 1.47. The molecule has 0 radical (unpaired) electrons. The number of allylic oxidation sites excluding steroid dienone is 1.